The van der Waals surface area contributed by atoms with Gasteiger partial charge in [0.1, 0.15) is 5.82 Å². The number of nitrogens with zero attached hydrogens (tertiary/aromatic N) is 1. The Balaban J connectivity index is 0.00000169. The minimum atomic E-state index is -0.407. The van der Waals surface area contributed by atoms with Crippen LogP contribution in [0.4, 0.5) is 0 Å². The molecule has 0 unspecified atom stereocenters. The predicted molar refractivity (Wildman–Crippen MR) is 57.5 cm³/mol. The van der Waals surface area contributed by atoms with Gasteiger partial charge in [0.2, 0.25) is 0 Å². The van der Waals surface area contributed by atoms with E-state index < -0.39 is 5.97 Å². The number of hydrogen-bond acceptors (Lipinski definition) is 4. The fourth-order valence-electron chi connectivity index (χ4n) is 1.02. The number of ether oxygens (including phenoxy) is 1. The number of nitrogens with two attached hydrogens (primary N) is 1. The molecule has 0 bridgehead atoms. The SMILES string of the molecule is Br.CCOC(=O)c1nc(CN)[nH]c1C. The zero-order valence-corrected chi connectivity index (χ0v) is 9.88. The quantitative estimate of drug-likeness (QED) is 0.796. The summed E-state index contributed by atoms with van der Waals surface area (Å²) in [6.45, 7) is 4.16. The number of halogens is 1. The molecule has 0 fully saturated rings. The average molecular weight is 264 g/mol. The lowest BCUT2D eigenvalue weighted by Gasteiger charge is -1.97. The van der Waals surface area contributed by atoms with E-state index in [1.165, 1.54) is 0 Å². The molecule has 0 atom stereocenters. The fourth-order valence-corrected chi connectivity index (χ4v) is 1.02. The van der Waals surface area contributed by atoms with E-state index in [-0.39, 0.29) is 17.0 Å². The number of carbonyl (C=O) groups excluding carboxylic acids is 1. The summed E-state index contributed by atoms with van der Waals surface area (Å²) in [4.78, 5) is 18.1. The molecule has 1 aromatic heterocycles. The molecule has 1 aromatic rings. The summed E-state index contributed by atoms with van der Waals surface area (Å²) in [5, 5.41) is 0. The number of aromatic nitrogens is 2. The van der Waals surface area contributed by atoms with Crippen molar-refractivity contribution in [1.29, 1.82) is 0 Å². The van der Waals surface area contributed by atoms with E-state index in [2.05, 4.69) is 9.97 Å². The highest BCUT2D eigenvalue weighted by Gasteiger charge is 2.14. The normalized spacial score (nSPS) is 9.36. The number of carbonyl (C=O) groups is 1. The van der Waals surface area contributed by atoms with Crippen molar-refractivity contribution in [1.82, 2.24) is 9.97 Å². The standard InChI is InChI=1S/C8H13N3O2.BrH/c1-3-13-8(12)7-5(2)10-6(4-9)11-7;/h3-4,9H2,1-2H3,(H,10,11);1H. The van der Waals surface area contributed by atoms with Crippen molar-refractivity contribution in [2.75, 3.05) is 6.61 Å². The number of aromatic amines is 1. The van der Waals surface area contributed by atoms with E-state index >= 15 is 0 Å². The van der Waals surface area contributed by atoms with E-state index in [1.54, 1.807) is 13.8 Å². The third-order valence-corrected chi connectivity index (χ3v) is 1.60. The lowest BCUT2D eigenvalue weighted by atomic mass is 10.3. The fraction of sp³-hybridized carbons (Fsp3) is 0.500. The highest BCUT2D eigenvalue weighted by atomic mass is 79.9. The lowest BCUT2D eigenvalue weighted by Crippen LogP contribution is -2.07. The Bertz CT molecular complexity index is 312. The molecule has 0 aliphatic heterocycles. The topological polar surface area (TPSA) is 81.0 Å². The maximum atomic E-state index is 11.2. The Morgan fingerprint density at radius 3 is 2.71 bits per heavy atom. The predicted octanol–water partition coefficient (Wildman–Crippen LogP) is 0.931. The molecule has 1 rings (SSSR count). The molecule has 6 heteroatoms. The van der Waals surface area contributed by atoms with Crippen LogP contribution in [0.5, 0.6) is 0 Å². The van der Waals surface area contributed by atoms with Gasteiger partial charge < -0.3 is 15.5 Å². The number of H-pyrrole nitrogens is 1. The zero-order chi connectivity index (χ0) is 9.84. The van der Waals surface area contributed by atoms with Gasteiger partial charge in [-0.05, 0) is 13.8 Å². The van der Waals surface area contributed by atoms with Crippen molar-refractivity contribution in [3.8, 4) is 0 Å². The molecular formula is C8H14BrN3O2. The largest absolute Gasteiger partial charge is 0.461 e. The van der Waals surface area contributed by atoms with Gasteiger partial charge in [-0.15, -0.1) is 17.0 Å². The smallest absolute Gasteiger partial charge is 0.358 e. The number of hydrogen-bond donors (Lipinski definition) is 2. The summed E-state index contributed by atoms with van der Waals surface area (Å²) in [7, 11) is 0. The summed E-state index contributed by atoms with van der Waals surface area (Å²) >= 11 is 0. The van der Waals surface area contributed by atoms with Crippen molar-refractivity contribution in [3.05, 3.63) is 17.2 Å². The number of aryl methyl sites for hydroxylation is 1. The van der Waals surface area contributed by atoms with Crippen LogP contribution in [0.2, 0.25) is 0 Å². The zero-order valence-electron chi connectivity index (χ0n) is 8.16. The third-order valence-electron chi connectivity index (χ3n) is 1.60. The molecule has 0 saturated heterocycles. The van der Waals surface area contributed by atoms with Crippen LogP contribution in [0.1, 0.15) is 28.9 Å². The van der Waals surface area contributed by atoms with Crippen LogP contribution < -0.4 is 5.73 Å². The molecule has 0 amide bonds. The third kappa shape index (κ3) is 2.81. The van der Waals surface area contributed by atoms with Gasteiger partial charge in [-0.25, -0.2) is 9.78 Å². The Labute approximate surface area is 92.8 Å². The summed E-state index contributed by atoms with van der Waals surface area (Å²) in [5.41, 5.74) is 6.38. The van der Waals surface area contributed by atoms with Crippen LogP contribution >= 0.6 is 17.0 Å². The maximum Gasteiger partial charge on any atom is 0.358 e. The first-order chi connectivity index (χ1) is 6.19. The van der Waals surface area contributed by atoms with Crippen molar-refractivity contribution in [2.24, 2.45) is 5.73 Å². The van der Waals surface area contributed by atoms with E-state index in [0.717, 1.165) is 0 Å². The Kier molecular flexibility index (Phi) is 5.40. The minimum absolute atomic E-state index is 0. The number of nitrogens with one attached hydrogen (secondary N) is 1. The number of rotatable bonds is 3. The van der Waals surface area contributed by atoms with E-state index in [0.29, 0.717) is 30.4 Å². The van der Waals surface area contributed by atoms with E-state index in [1.807, 2.05) is 0 Å². The molecule has 0 saturated carbocycles. The molecule has 0 spiro atoms. The van der Waals surface area contributed by atoms with Gasteiger partial charge in [-0.3, -0.25) is 0 Å². The van der Waals surface area contributed by atoms with Crippen molar-refractivity contribution < 1.29 is 9.53 Å². The van der Waals surface area contributed by atoms with Gasteiger partial charge in [-0.1, -0.05) is 0 Å². The Morgan fingerprint density at radius 1 is 1.64 bits per heavy atom. The van der Waals surface area contributed by atoms with Crippen LogP contribution in [0.25, 0.3) is 0 Å². The summed E-state index contributed by atoms with van der Waals surface area (Å²) in [6, 6.07) is 0. The van der Waals surface area contributed by atoms with E-state index in [4.69, 9.17) is 10.5 Å². The van der Waals surface area contributed by atoms with Crippen molar-refractivity contribution >= 4 is 23.0 Å². The summed E-state index contributed by atoms with van der Waals surface area (Å²) < 4.78 is 4.80. The molecule has 0 radical (unpaired) electrons. The second-order valence-corrected chi connectivity index (χ2v) is 2.58. The van der Waals surface area contributed by atoms with Gasteiger partial charge in [-0.2, -0.15) is 0 Å². The Morgan fingerprint density at radius 2 is 2.29 bits per heavy atom. The first kappa shape index (κ1) is 13.1. The Hall–Kier alpha value is -0.880. The molecule has 3 N–H and O–H groups in total. The summed E-state index contributed by atoms with van der Waals surface area (Å²) in [5.74, 6) is 0.191. The van der Waals surface area contributed by atoms with Gasteiger partial charge in [0.25, 0.3) is 0 Å². The molecule has 14 heavy (non-hydrogen) atoms. The van der Waals surface area contributed by atoms with Gasteiger partial charge in [0, 0.05) is 5.69 Å². The van der Waals surface area contributed by atoms with Gasteiger partial charge in [0.15, 0.2) is 5.69 Å². The summed E-state index contributed by atoms with van der Waals surface area (Å²) in [6.07, 6.45) is 0. The first-order valence-electron chi connectivity index (χ1n) is 4.11. The highest BCUT2D eigenvalue weighted by molar-refractivity contribution is 8.93. The van der Waals surface area contributed by atoms with Gasteiger partial charge in [0.05, 0.1) is 13.2 Å². The van der Waals surface area contributed by atoms with Crippen molar-refractivity contribution in [2.45, 2.75) is 20.4 Å². The van der Waals surface area contributed by atoms with Crippen LogP contribution in [0, 0.1) is 6.92 Å². The molecule has 80 valence electrons. The average Bonchev–Trinajstić information content (AvgIpc) is 2.47. The molecule has 0 aliphatic rings. The molecule has 0 aliphatic carbocycles. The van der Waals surface area contributed by atoms with Gasteiger partial charge >= 0.3 is 5.97 Å². The highest BCUT2D eigenvalue weighted by Crippen LogP contribution is 2.05. The van der Waals surface area contributed by atoms with Crippen LogP contribution in [0.3, 0.4) is 0 Å². The number of imidazole rings is 1. The molecular weight excluding hydrogens is 250 g/mol. The second-order valence-electron chi connectivity index (χ2n) is 2.58. The van der Waals surface area contributed by atoms with E-state index in [9.17, 15) is 4.79 Å². The molecule has 5 nitrogen and oxygen atoms in total. The van der Waals surface area contributed by atoms with Crippen LogP contribution in [0.15, 0.2) is 0 Å². The van der Waals surface area contributed by atoms with Crippen LogP contribution in [-0.4, -0.2) is 22.5 Å². The molecule has 1 heterocycles. The number of esters is 1. The lowest BCUT2D eigenvalue weighted by molar-refractivity contribution is 0.0519. The maximum absolute atomic E-state index is 11.2. The van der Waals surface area contributed by atoms with Crippen molar-refractivity contribution in [3.63, 3.8) is 0 Å². The monoisotopic (exact) mass is 263 g/mol. The molecule has 0 aromatic carbocycles. The minimum Gasteiger partial charge on any atom is -0.461 e. The first-order valence-corrected chi connectivity index (χ1v) is 4.11. The second kappa shape index (κ2) is 5.77. The van der Waals surface area contributed by atoms with Crippen LogP contribution in [-0.2, 0) is 11.3 Å².